The Morgan fingerprint density at radius 1 is 0.313 bits per heavy atom. The highest BCUT2D eigenvalue weighted by molar-refractivity contribution is 5.71. The standard InChI is InChI=1S/C61H108O6/c1-4-7-10-13-16-19-22-25-27-29-30-32-33-36-39-42-45-48-51-54-60(63)66-57-58(56-65-59(62)53-50-47-44-41-38-35-24-21-18-15-12-9-6-3)67-61(64)55-52-49-46-43-40-37-34-31-28-26-23-20-17-14-11-8-5-2/h9,12,17-18,20-21,26,28,35,38,58H,4-8,10-11,13-16,19,22-25,27,29-34,36-37,39-57H2,1-3H3/b12-9-,20-17-,21-18-,28-26-,38-35-. The molecule has 0 radical (unpaired) electrons. The van der Waals surface area contributed by atoms with Gasteiger partial charge in [0.15, 0.2) is 6.10 Å². The molecule has 0 aliphatic carbocycles. The van der Waals surface area contributed by atoms with Crippen molar-refractivity contribution in [3.63, 3.8) is 0 Å². The average molecular weight is 938 g/mol. The van der Waals surface area contributed by atoms with Gasteiger partial charge in [-0.3, -0.25) is 14.4 Å². The third-order valence-corrected chi connectivity index (χ3v) is 12.5. The Morgan fingerprint density at radius 3 is 0.955 bits per heavy atom. The Kier molecular flexibility index (Phi) is 53.3. The van der Waals surface area contributed by atoms with Crippen LogP contribution >= 0.6 is 0 Å². The summed E-state index contributed by atoms with van der Waals surface area (Å²) in [6, 6.07) is 0. The number of ether oxygens (including phenoxy) is 3. The molecule has 6 nitrogen and oxygen atoms in total. The van der Waals surface area contributed by atoms with E-state index in [9.17, 15) is 14.4 Å². The number of esters is 3. The summed E-state index contributed by atoms with van der Waals surface area (Å²) in [6.07, 6.45) is 69.3. The Balaban J connectivity index is 4.36. The van der Waals surface area contributed by atoms with Crippen LogP contribution in [0, 0.1) is 0 Å². The number of rotatable bonds is 52. The van der Waals surface area contributed by atoms with E-state index >= 15 is 0 Å². The molecule has 0 aromatic rings. The van der Waals surface area contributed by atoms with Gasteiger partial charge >= 0.3 is 17.9 Å². The van der Waals surface area contributed by atoms with Crippen LogP contribution in [0.4, 0.5) is 0 Å². The molecule has 0 spiro atoms. The van der Waals surface area contributed by atoms with Gasteiger partial charge in [0, 0.05) is 19.3 Å². The van der Waals surface area contributed by atoms with Gasteiger partial charge in [0.25, 0.3) is 0 Å². The van der Waals surface area contributed by atoms with Crippen LogP contribution in [0.5, 0.6) is 0 Å². The van der Waals surface area contributed by atoms with Crippen LogP contribution in [0.1, 0.15) is 290 Å². The molecule has 0 saturated heterocycles. The van der Waals surface area contributed by atoms with E-state index in [-0.39, 0.29) is 31.1 Å². The van der Waals surface area contributed by atoms with Gasteiger partial charge in [-0.1, -0.05) is 248 Å². The van der Waals surface area contributed by atoms with Gasteiger partial charge in [-0.25, -0.2) is 0 Å². The number of hydrogen-bond donors (Lipinski definition) is 0. The molecule has 0 aliphatic heterocycles. The molecule has 388 valence electrons. The molecule has 0 bridgehead atoms. The maximum Gasteiger partial charge on any atom is 0.306 e. The van der Waals surface area contributed by atoms with Crippen LogP contribution < -0.4 is 0 Å². The van der Waals surface area contributed by atoms with Gasteiger partial charge in [-0.05, 0) is 83.5 Å². The van der Waals surface area contributed by atoms with E-state index in [4.69, 9.17) is 14.2 Å². The van der Waals surface area contributed by atoms with Crippen molar-refractivity contribution in [2.75, 3.05) is 13.2 Å². The summed E-state index contributed by atoms with van der Waals surface area (Å²) in [5.74, 6) is -0.911. The van der Waals surface area contributed by atoms with Gasteiger partial charge in [-0.2, -0.15) is 0 Å². The molecule has 1 atom stereocenters. The van der Waals surface area contributed by atoms with Crippen LogP contribution in [0.25, 0.3) is 0 Å². The zero-order valence-electron chi connectivity index (χ0n) is 44.4. The minimum absolute atomic E-state index is 0.0844. The second kappa shape index (κ2) is 55.7. The molecule has 0 aromatic heterocycles. The number of unbranched alkanes of at least 4 members (excludes halogenated alkanes) is 31. The number of hydrogen-bond acceptors (Lipinski definition) is 6. The minimum atomic E-state index is -0.789. The van der Waals surface area contributed by atoms with Crippen molar-refractivity contribution >= 4 is 17.9 Å². The second-order valence-electron chi connectivity index (χ2n) is 19.2. The fourth-order valence-electron chi connectivity index (χ4n) is 8.19. The highest BCUT2D eigenvalue weighted by Crippen LogP contribution is 2.16. The Bertz CT molecular complexity index is 1210. The third-order valence-electron chi connectivity index (χ3n) is 12.5. The van der Waals surface area contributed by atoms with Crippen LogP contribution in [-0.4, -0.2) is 37.2 Å². The zero-order valence-corrected chi connectivity index (χ0v) is 44.4. The van der Waals surface area contributed by atoms with E-state index in [1.54, 1.807) is 0 Å². The van der Waals surface area contributed by atoms with E-state index < -0.39 is 6.10 Å². The molecule has 0 aliphatic rings. The summed E-state index contributed by atoms with van der Waals surface area (Å²) in [7, 11) is 0. The molecule has 0 amide bonds. The lowest BCUT2D eigenvalue weighted by molar-refractivity contribution is -0.167. The quantitative estimate of drug-likeness (QED) is 0.0262. The van der Waals surface area contributed by atoms with Crippen LogP contribution in [0.15, 0.2) is 60.8 Å². The largest absolute Gasteiger partial charge is 0.462 e. The van der Waals surface area contributed by atoms with Gasteiger partial charge in [-0.15, -0.1) is 0 Å². The maximum absolute atomic E-state index is 12.8. The van der Waals surface area contributed by atoms with Gasteiger partial charge in [0.1, 0.15) is 13.2 Å². The number of allylic oxidation sites excluding steroid dienone is 10. The zero-order chi connectivity index (χ0) is 48.6. The van der Waals surface area contributed by atoms with E-state index in [1.165, 1.54) is 154 Å². The first kappa shape index (κ1) is 64.1. The lowest BCUT2D eigenvalue weighted by atomic mass is 10.0. The van der Waals surface area contributed by atoms with E-state index in [2.05, 4.69) is 81.5 Å². The topological polar surface area (TPSA) is 78.9 Å². The molecule has 0 saturated carbocycles. The molecule has 0 heterocycles. The van der Waals surface area contributed by atoms with Crippen molar-refractivity contribution < 1.29 is 28.6 Å². The average Bonchev–Trinajstić information content (AvgIpc) is 3.33. The predicted octanol–water partition coefficient (Wildman–Crippen LogP) is 19.2. The summed E-state index contributed by atoms with van der Waals surface area (Å²) >= 11 is 0. The Morgan fingerprint density at radius 2 is 0.582 bits per heavy atom. The highest BCUT2D eigenvalue weighted by Gasteiger charge is 2.19. The van der Waals surface area contributed by atoms with Gasteiger partial charge in [0.05, 0.1) is 0 Å². The fourth-order valence-corrected chi connectivity index (χ4v) is 8.19. The Hall–Kier alpha value is -2.89. The molecule has 6 heteroatoms. The van der Waals surface area contributed by atoms with Crippen molar-refractivity contribution in [3.05, 3.63) is 60.8 Å². The lowest BCUT2D eigenvalue weighted by Crippen LogP contribution is -2.30. The highest BCUT2D eigenvalue weighted by atomic mass is 16.6. The van der Waals surface area contributed by atoms with Gasteiger partial charge < -0.3 is 14.2 Å². The molecule has 0 rings (SSSR count). The minimum Gasteiger partial charge on any atom is -0.462 e. The van der Waals surface area contributed by atoms with Crippen molar-refractivity contribution in [2.45, 2.75) is 297 Å². The van der Waals surface area contributed by atoms with Crippen molar-refractivity contribution in [1.29, 1.82) is 0 Å². The SMILES string of the molecule is CC/C=C\C/C=C\C/C=C\CCCCCC(=O)OCC(COC(=O)CCCCCCCCCCCCCCCCCCCCC)OC(=O)CCCCCCCCC/C=C\C/C=C\CCCCC. The first-order valence-corrected chi connectivity index (χ1v) is 28.8. The summed E-state index contributed by atoms with van der Waals surface area (Å²) < 4.78 is 16.8. The lowest BCUT2D eigenvalue weighted by Gasteiger charge is -2.18. The molecule has 0 N–H and O–H groups in total. The van der Waals surface area contributed by atoms with E-state index in [0.29, 0.717) is 19.3 Å². The Labute approximate surface area is 415 Å². The summed E-state index contributed by atoms with van der Waals surface area (Å²) in [4.78, 5) is 38.1. The molecule has 0 fully saturated rings. The van der Waals surface area contributed by atoms with Crippen molar-refractivity contribution in [3.8, 4) is 0 Å². The second-order valence-corrected chi connectivity index (χ2v) is 19.2. The summed E-state index contributed by atoms with van der Waals surface area (Å²) in [5.41, 5.74) is 0. The van der Waals surface area contributed by atoms with E-state index in [0.717, 1.165) is 96.3 Å². The smallest absolute Gasteiger partial charge is 0.306 e. The van der Waals surface area contributed by atoms with Gasteiger partial charge in [0.2, 0.25) is 0 Å². The number of carbonyl (C=O) groups excluding carboxylic acids is 3. The normalized spacial score (nSPS) is 12.5. The fraction of sp³-hybridized carbons (Fsp3) is 0.787. The number of carbonyl (C=O) groups is 3. The third kappa shape index (κ3) is 53.9. The predicted molar refractivity (Wildman–Crippen MR) is 288 cm³/mol. The molecular formula is C61H108O6. The van der Waals surface area contributed by atoms with Crippen LogP contribution in [0.2, 0.25) is 0 Å². The molecule has 0 aromatic carbocycles. The monoisotopic (exact) mass is 937 g/mol. The summed E-state index contributed by atoms with van der Waals surface area (Å²) in [5, 5.41) is 0. The first-order valence-electron chi connectivity index (χ1n) is 28.8. The molecule has 67 heavy (non-hydrogen) atoms. The first-order chi connectivity index (χ1) is 33.0. The summed E-state index contributed by atoms with van der Waals surface area (Å²) in [6.45, 7) is 6.50. The van der Waals surface area contributed by atoms with Crippen molar-refractivity contribution in [1.82, 2.24) is 0 Å². The van der Waals surface area contributed by atoms with Crippen LogP contribution in [0.3, 0.4) is 0 Å². The van der Waals surface area contributed by atoms with E-state index in [1.807, 2.05) is 0 Å². The maximum atomic E-state index is 12.8. The molecular weight excluding hydrogens is 829 g/mol. The van der Waals surface area contributed by atoms with Crippen LogP contribution in [-0.2, 0) is 28.6 Å². The molecule has 1 unspecified atom stereocenters. The van der Waals surface area contributed by atoms with Crippen molar-refractivity contribution in [2.24, 2.45) is 0 Å².